The number of aliphatic carboxylic acids is 1. The van der Waals surface area contributed by atoms with E-state index in [1.165, 1.54) is 0 Å². The van der Waals surface area contributed by atoms with Crippen LogP contribution in [0.15, 0.2) is 30.3 Å². The van der Waals surface area contributed by atoms with Crippen molar-refractivity contribution < 1.29 is 24.2 Å². The average Bonchev–Trinajstić information content (AvgIpc) is 2.71. The molecule has 2 amide bonds. The first-order valence-electron chi connectivity index (χ1n) is 10.3. The van der Waals surface area contributed by atoms with Crippen molar-refractivity contribution in [1.29, 1.82) is 0 Å². The molecule has 31 heavy (non-hydrogen) atoms. The summed E-state index contributed by atoms with van der Waals surface area (Å²) in [5.74, 6) is 0.180. The molecule has 1 unspecified atom stereocenters. The Labute approximate surface area is 186 Å². The van der Waals surface area contributed by atoms with Crippen LogP contribution in [0.25, 0.3) is 0 Å². The number of hydrogen-bond acceptors (Lipinski definition) is 4. The van der Waals surface area contributed by atoms with E-state index >= 15 is 0 Å². The highest BCUT2D eigenvalue weighted by Crippen LogP contribution is 2.40. The summed E-state index contributed by atoms with van der Waals surface area (Å²) in [6.07, 6.45) is 0.356. The highest BCUT2D eigenvalue weighted by atomic mass is 35.5. The quantitative estimate of drug-likeness (QED) is 0.621. The number of carbonyl (C=O) groups is 2. The molecule has 166 valence electrons. The van der Waals surface area contributed by atoms with Crippen LogP contribution in [0, 0.1) is 6.92 Å². The van der Waals surface area contributed by atoms with Gasteiger partial charge in [-0.1, -0.05) is 17.7 Å². The molecule has 0 aromatic heterocycles. The van der Waals surface area contributed by atoms with Gasteiger partial charge in [0.15, 0.2) is 11.5 Å². The summed E-state index contributed by atoms with van der Waals surface area (Å²) in [7, 11) is 0. The fraction of sp³-hybridized carbons (Fsp3) is 0.391. The van der Waals surface area contributed by atoms with Gasteiger partial charge in [0.25, 0.3) is 0 Å². The molecule has 0 radical (unpaired) electrons. The second-order valence-electron chi connectivity index (χ2n) is 7.33. The lowest BCUT2D eigenvalue weighted by Crippen LogP contribution is -2.43. The first kappa shape index (κ1) is 22.7. The number of urea groups is 1. The number of carboxylic acids is 1. The molecule has 0 aliphatic carbocycles. The van der Waals surface area contributed by atoms with Gasteiger partial charge in [0.05, 0.1) is 36.4 Å². The molecule has 0 fully saturated rings. The number of anilines is 1. The zero-order chi connectivity index (χ0) is 22.5. The van der Waals surface area contributed by atoms with Crippen molar-refractivity contribution in [3.05, 3.63) is 52.0 Å². The van der Waals surface area contributed by atoms with Crippen LogP contribution in [0.3, 0.4) is 0 Å². The Kier molecular flexibility index (Phi) is 7.28. The van der Waals surface area contributed by atoms with Gasteiger partial charge in [-0.2, -0.15) is 0 Å². The van der Waals surface area contributed by atoms with Crippen molar-refractivity contribution in [3.8, 4) is 11.5 Å². The van der Waals surface area contributed by atoms with E-state index in [4.69, 9.17) is 21.1 Å². The molecule has 1 atom stereocenters. The Morgan fingerprint density at radius 2 is 1.84 bits per heavy atom. The molecule has 0 saturated carbocycles. The third-order valence-corrected chi connectivity index (χ3v) is 5.47. The minimum Gasteiger partial charge on any atom is -0.490 e. The van der Waals surface area contributed by atoms with Gasteiger partial charge in [-0.3, -0.25) is 4.79 Å². The predicted octanol–water partition coefficient (Wildman–Crippen LogP) is 5.05. The Hall–Kier alpha value is -2.93. The van der Waals surface area contributed by atoms with E-state index in [9.17, 15) is 14.7 Å². The number of hydrogen-bond donors (Lipinski definition) is 2. The second-order valence-corrected chi connectivity index (χ2v) is 7.74. The number of carboxylic acid groups (broad SMARTS) is 1. The fourth-order valence-electron chi connectivity index (χ4n) is 3.78. The maximum Gasteiger partial charge on any atom is 0.322 e. The number of halogens is 1. The van der Waals surface area contributed by atoms with Crippen LogP contribution in [0.1, 0.15) is 43.0 Å². The molecule has 2 aromatic carbocycles. The SMILES string of the molecule is CCOc1cc2c(cc1OCC)C(CC(=O)O)N(C(=O)Nc1ccc(C)cc1Cl)CC2. The molecule has 0 bridgehead atoms. The third-order valence-electron chi connectivity index (χ3n) is 5.16. The maximum atomic E-state index is 13.1. The van der Waals surface area contributed by atoms with Gasteiger partial charge >= 0.3 is 12.0 Å². The average molecular weight is 447 g/mol. The van der Waals surface area contributed by atoms with Crippen LogP contribution in [0.4, 0.5) is 10.5 Å². The van der Waals surface area contributed by atoms with E-state index in [1.807, 2.05) is 32.9 Å². The minimum absolute atomic E-state index is 0.221. The van der Waals surface area contributed by atoms with Gasteiger partial charge < -0.3 is 24.8 Å². The van der Waals surface area contributed by atoms with Crippen molar-refractivity contribution in [3.63, 3.8) is 0 Å². The molecule has 0 spiro atoms. The van der Waals surface area contributed by atoms with Gasteiger partial charge in [-0.05, 0) is 68.1 Å². The summed E-state index contributed by atoms with van der Waals surface area (Å²) in [5.41, 5.74) is 3.17. The largest absolute Gasteiger partial charge is 0.490 e. The Bertz CT molecular complexity index is 979. The Morgan fingerprint density at radius 1 is 1.16 bits per heavy atom. The normalized spacial score (nSPS) is 15.2. The van der Waals surface area contributed by atoms with E-state index in [0.29, 0.717) is 48.4 Å². The predicted molar refractivity (Wildman–Crippen MR) is 119 cm³/mol. The van der Waals surface area contributed by atoms with Gasteiger partial charge in [0, 0.05) is 6.54 Å². The molecular formula is C23H27ClN2O5. The summed E-state index contributed by atoms with van der Waals surface area (Å²) < 4.78 is 11.4. The molecule has 3 rings (SSSR count). The van der Waals surface area contributed by atoms with Crippen molar-refractivity contribution in [2.75, 3.05) is 25.1 Å². The zero-order valence-electron chi connectivity index (χ0n) is 17.9. The van der Waals surface area contributed by atoms with E-state index in [2.05, 4.69) is 5.32 Å². The number of fused-ring (bicyclic) bond motifs is 1. The molecule has 7 nitrogen and oxygen atoms in total. The molecule has 2 aromatic rings. The standard InChI is InChI=1S/C23H27ClN2O5/c1-4-30-20-11-15-8-9-26(23(29)25-18-7-6-14(3)10-17(18)24)19(13-22(27)28)16(15)12-21(20)31-5-2/h6-7,10-12,19H,4-5,8-9,13H2,1-3H3,(H,25,29)(H,27,28). The van der Waals surface area contributed by atoms with Crippen LogP contribution >= 0.6 is 11.6 Å². The van der Waals surface area contributed by atoms with Crippen molar-refractivity contribution in [2.45, 2.75) is 39.7 Å². The number of amides is 2. The number of rotatable bonds is 7. The molecule has 1 aliphatic heterocycles. The van der Waals surface area contributed by atoms with Crippen LogP contribution in [-0.2, 0) is 11.2 Å². The van der Waals surface area contributed by atoms with Crippen LogP contribution in [0.2, 0.25) is 5.02 Å². The third kappa shape index (κ3) is 5.22. The molecule has 1 aliphatic rings. The lowest BCUT2D eigenvalue weighted by molar-refractivity contribution is -0.138. The number of benzene rings is 2. The highest BCUT2D eigenvalue weighted by molar-refractivity contribution is 6.33. The van der Waals surface area contributed by atoms with E-state index in [-0.39, 0.29) is 6.42 Å². The summed E-state index contributed by atoms with van der Waals surface area (Å²) in [5, 5.41) is 12.8. The van der Waals surface area contributed by atoms with E-state index in [0.717, 1.165) is 16.7 Å². The van der Waals surface area contributed by atoms with Gasteiger partial charge in [-0.25, -0.2) is 4.79 Å². The fourth-order valence-corrected chi connectivity index (χ4v) is 4.07. The first-order valence-corrected chi connectivity index (χ1v) is 10.7. The van der Waals surface area contributed by atoms with Crippen molar-refractivity contribution in [1.82, 2.24) is 4.90 Å². The topological polar surface area (TPSA) is 88.1 Å². The number of ether oxygens (including phenoxy) is 2. The number of carbonyl (C=O) groups excluding carboxylic acids is 1. The Morgan fingerprint density at radius 3 is 2.45 bits per heavy atom. The van der Waals surface area contributed by atoms with Crippen LogP contribution < -0.4 is 14.8 Å². The van der Waals surface area contributed by atoms with Crippen LogP contribution in [0.5, 0.6) is 11.5 Å². The van der Waals surface area contributed by atoms with Crippen LogP contribution in [-0.4, -0.2) is 41.8 Å². The van der Waals surface area contributed by atoms with Gasteiger partial charge in [-0.15, -0.1) is 0 Å². The molecule has 1 heterocycles. The summed E-state index contributed by atoms with van der Waals surface area (Å²) in [6, 6.07) is 8.02. The first-order chi connectivity index (χ1) is 14.8. The van der Waals surface area contributed by atoms with Gasteiger partial charge in [0.2, 0.25) is 0 Å². The number of nitrogens with one attached hydrogen (secondary N) is 1. The second kappa shape index (κ2) is 9.92. The maximum absolute atomic E-state index is 13.1. The van der Waals surface area contributed by atoms with Crippen molar-refractivity contribution >= 4 is 29.3 Å². The zero-order valence-corrected chi connectivity index (χ0v) is 18.7. The summed E-state index contributed by atoms with van der Waals surface area (Å²) >= 11 is 6.26. The van der Waals surface area contributed by atoms with E-state index < -0.39 is 18.0 Å². The summed E-state index contributed by atoms with van der Waals surface area (Å²) in [6.45, 7) is 6.98. The Balaban J connectivity index is 1.95. The lowest BCUT2D eigenvalue weighted by Gasteiger charge is -2.37. The smallest absolute Gasteiger partial charge is 0.322 e. The number of nitrogens with zero attached hydrogens (tertiary/aromatic N) is 1. The highest BCUT2D eigenvalue weighted by Gasteiger charge is 2.34. The lowest BCUT2D eigenvalue weighted by atomic mass is 9.90. The van der Waals surface area contributed by atoms with E-state index in [1.54, 1.807) is 23.1 Å². The van der Waals surface area contributed by atoms with Gasteiger partial charge in [0.1, 0.15) is 0 Å². The molecule has 2 N–H and O–H groups in total. The monoisotopic (exact) mass is 446 g/mol. The molecule has 0 saturated heterocycles. The summed E-state index contributed by atoms with van der Waals surface area (Å²) in [4.78, 5) is 26.3. The number of aryl methyl sites for hydroxylation is 1. The molecular weight excluding hydrogens is 420 g/mol. The van der Waals surface area contributed by atoms with Crippen molar-refractivity contribution in [2.24, 2.45) is 0 Å². The minimum atomic E-state index is -0.990. The molecule has 8 heteroatoms.